The molecule has 0 N–H and O–H groups in total. The molecule has 0 aliphatic carbocycles. The average molecular weight is 708 g/mol. The van der Waals surface area contributed by atoms with Crippen molar-refractivity contribution in [1.29, 1.82) is 0 Å². The highest BCUT2D eigenvalue weighted by Crippen LogP contribution is 2.37. The molecule has 54 heavy (non-hydrogen) atoms. The van der Waals surface area contributed by atoms with E-state index in [1.807, 2.05) is 18.2 Å². The van der Waals surface area contributed by atoms with Crippen molar-refractivity contribution in [3.8, 4) is 55.7 Å². The van der Waals surface area contributed by atoms with Gasteiger partial charge in [-0.2, -0.15) is 0 Å². The summed E-state index contributed by atoms with van der Waals surface area (Å²) in [4.78, 5) is 16.6. The number of nitrogens with zero attached hydrogens (tertiary/aromatic N) is 3. The van der Waals surface area contributed by atoms with Crippen LogP contribution < -0.4 is 0 Å². The van der Waals surface area contributed by atoms with Gasteiger partial charge in [0.25, 0.3) is 0 Å². The van der Waals surface area contributed by atoms with Crippen LogP contribution in [0.3, 0.4) is 0 Å². The molecular formula is C49H29N3OS. The molecule has 252 valence electrons. The molecule has 8 aromatic carbocycles. The van der Waals surface area contributed by atoms with E-state index < -0.39 is 0 Å². The Morgan fingerprint density at radius 1 is 0.333 bits per heavy atom. The number of fused-ring (bicyclic) bond motifs is 6. The fraction of sp³-hybridized carbons (Fsp3) is 0. The first kappa shape index (κ1) is 30.7. The summed E-state index contributed by atoms with van der Waals surface area (Å²) in [6, 6.07) is 61.8. The third-order valence-electron chi connectivity index (χ3n) is 10.3. The Bertz CT molecular complexity index is 3180. The van der Waals surface area contributed by atoms with Gasteiger partial charge in [-0.1, -0.05) is 121 Å². The maximum atomic E-state index is 6.33. The third kappa shape index (κ3) is 5.33. The molecule has 11 aromatic rings. The average Bonchev–Trinajstić information content (AvgIpc) is 3.84. The predicted molar refractivity (Wildman–Crippen MR) is 225 cm³/mol. The molecule has 0 fully saturated rings. The van der Waals surface area contributed by atoms with Gasteiger partial charge in [0, 0.05) is 37.0 Å². The lowest BCUT2D eigenvalue weighted by Gasteiger charge is -2.10. The van der Waals surface area contributed by atoms with Crippen LogP contribution in [0.2, 0.25) is 0 Å². The molecule has 0 saturated heterocycles. The molecule has 0 aliphatic rings. The van der Waals surface area contributed by atoms with Gasteiger partial charge in [0.05, 0.1) is 0 Å². The number of rotatable bonds is 5. The predicted octanol–water partition coefficient (Wildman–Crippen LogP) is 13.6. The minimum absolute atomic E-state index is 0.611. The number of hydrogen-bond donors (Lipinski definition) is 0. The van der Waals surface area contributed by atoms with Crippen LogP contribution in [0.1, 0.15) is 0 Å². The first-order chi connectivity index (χ1) is 26.7. The third-order valence-corrected chi connectivity index (χ3v) is 11.5. The smallest absolute Gasteiger partial charge is 0.164 e. The fourth-order valence-corrected chi connectivity index (χ4v) is 8.54. The van der Waals surface area contributed by atoms with Gasteiger partial charge >= 0.3 is 0 Å². The molecule has 4 nitrogen and oxygen atoms in total. The topological polar surface area (TPSA) is 51.8 Å². The molecule has 0 aliphatic heterocycles. The second-order valence-corrected chi connectivity index (χ2v) is 14.8. The lowest BCUT2D eigenvalue weighted by molar-refractivity contribution is 0.669. The van der Waals surface area contributed by atoms with Crippen LogP contribution in [0.15, 0.2) is 180 Å². The zero-order valence-electron chi connectivity index (χ0n) is 28.9. The van der Waals surface area contributed by atoms with Gasteiger partial charge in [-0.15, -0.1) is 11.3 Å². The first-order valence-corrected chi connectivity index (χ1v) is 18.8. The molecule has 0 radical (unpaired) electrons. The van der Waals surface area contributed by atoms with Gasteiger partial charge in [-0.25, -0.2) is 15.0 Å². The van der Waals surface area contributed by atoms with Crippen molar-refractivity contribution < 1.29 is 4.42 Å². The van der Waals surface area contributed by atoms with Crippen LogP contribution in [-0.4, -0.2) is 15.0 Å². The SMILES string of the molecule is c1ccc(-c2ccc3cc(-c4nc(-c5ccc(-c6cc7ccccc7s6)cc5)nc(-c5ccc6oc7cc8ccccc8cc7c6c5)n4)ccc3c2)cc1. The Labute approximate surface area is 314 Å². The second kappa shape index (κ2) is 12.3. The van der Waals surface area contributed by atoms with Crippen LogP contribution >= 0.6 is 11.3 Å². The summed E-state index contributed by atoms with van der Waals surface area (Å²) in [6.07, 6.45) is 0. The number of aromatic nitrogens is 3. The summed E-state index contributed by atoms with van der Waals surface area (Å²) in [5.74, 6) is 1.86. The summed E-state index contributed by atoms with van der Waals surface area (Å²) >= 11 is 1.81. The van der Waals surface area contributed by atoms with E-state index >= 15 is 0 Å². The highest BCUT2D eigenvalue weighted by molar-refractivity contribution is 7.22. The molecule has 0 unspecified atom stereocenters. The van der Waals surface area contributed by atoms with E-state index in [1.165, 1.54) is 37.0 Å². The highest BCUT2D eigenvalue weighted by atomic mass is 32.1. The van der Waals surface area contributed by atoms with Crippen LogP contribution in [0.5, 0.6) is 0 Å². The van der Waals surface area contributed by atoms with E-state index in [1.54, 1.807) is 11.3 Å². The molecule has 3 aromatic heterocycles. The maximum Gasteiger partial charge on any atom is 0.164 e. The molecule has 0 amide bonds. The quantitative estimate of drug-likeness (QED) is 0.179. The fourth-order valence-electron chi connectivity index (χ4n) is 7.47. The van der Waals surface area contributed by atoms with E-state index in [2.05, 4.69) is 158 Å². The second-order valence-electron chi connectivity index (χ2n) is 13.7. The van der Waals surface area contributed by atoms with E-state index in [-0.39, 0.29) is 0 Å². The monoisotopic (exact) mass is 707 g/mol. The molecule has 5 heteroatoms. The minimum atomic E-state index is 0.611. The van der Waals surface area contributed by atoms with Gasteiger partial charge in [-0.05, 0) is 98.2 Å². The summed E-state index contributed by atoms with van der Waals surface area (Å²) in [5.41, 5.74) is 8.02. The minimum Gasteiger partial charge on any atom is -0.456 e. The Balaban J connectivity index is 1.04. The van der Waals surface area contributed by atoms with Crippen molar-refractivity contribution in [3.05, 3.63) is 176 Å². The molecule has 0 bridgehead atoms. The molecule has 0 saturated carbocycles. The van der Waals surface area contributed by atoms with Crippen molar-refractivity contribution in [1.82, 2.24) is 15.0 Å². The summed E-state index contributed by atoms with van der Waals surface area (Å²) in [6.45, 7) is 0. The Kier molecular flexibility index (Phi) is 7.00. The van der Waals surface area contributed by atoms with Gasteiger partial charge in [0.2, 0.25) is 0 Å². The molecule has 11 rings (SSSR count). The summed E-state index contributed by atoms with van der Waals surface area (Å²) < 4.78 is 7.61. The number of furan rings is 1. The maximum absolute atomic E-state index is 6.33. The highest BCUT2D eigenvalue weighted by Gasteiger charge is 2.16. The summed E-state index contributed by atoms with van der Waals surface area (Å²) in [5, 5.41) is 7.98. The number of hydrogen-bond acceptors (Lipinski definition) is 5. The number of benzene rings is 8. The largest absolute Gasteiger partial charge is 0.456 e. The Hall–Kier alpha value is -6.95. The van der Waals surface area contributed by atoms with E-state index in [0.717, 1.165) is 54.8 Å². The number of thiophene rings is 1. The van der Waals surface area contributed by atoms with Crippen molar-refractivity contribution in [2.45, 2.75) is 0 Å². The first-order valence-electron chi connectivity index (χ1n) is 18.0. The van der Waals surface area contributed by atoms with E-state index in [9.17, 15) is 0 Å². The Morgan fingerprint density at radius 2 is 0.870 bits per heavy atom. The van der Waals surface area contributed by atoms with Crippen molar-refractivity contribution in [3.63, 3.8) is 0 Å². The van der Waals surface area contributed by atoms with Crippen molar-refractivity contribution in [2.24, 2.45) is 0 Å². The molecule has 0 atom stereocenters. The van der Waals surface area contributed by atoms with E-state index in [0.29, 0.717) is 17.5 Å². The van der Waals surface area contributed by atoms with Crippen LogP contribution in [0.25, 0.3) is 109 Å². The molecular weight excluding hydrogens is 679 g/mol. The molecule has 3 heterocycles. The Morgan fingerprint density at radius 3 is 1.63 bits per heavy atom. The lowest BCUT2D eigenvalue weighted by Crippen LogP contribution is -2.00. The zero-order chi connectivity index (χ0) is 35.6. The van der Waals surface area contributed by atoms with Gasteiger partial charge in [0.1, 0.15) is 11.2 Å². The zero-order valence-corrected chi connectivity index (χ0v) is 29.7. The van der Waals surface area contributed by atoms with Crippen molar-refractivity contribution >= 4 is 64.9 Å². The van der Waals surface area contributed by atoms with Crippen LogP contribution in [0.4, 0.5) is 0 Å². The summed E-state index contributed by atoms with van der Waals surface area (Å²) in [7, 11) is 0. The normalized spacial score (nSPS) is 11.7. The van der Waals surface area contributed by atoms with Crippen LogP contribution in [-0.2, 0) is 0 Å². The molecule has 0 spiro atoms. The van der Waals surface area contributed by atoms with Crippen molar-refractivity contribution in [2.75, 3.05) is 0 Å². The van der Waals surface area contributed by atoms with Gasteiger partial charge in [0.15, 0.2) is 17.5 Å². The van der Waals surface area contributed by atoms with Gasteiger partial charge in [-0.3, -0.25) is 0 Å². The standard InChI is InChI=1S/C49H29N3OS/c1-2-8-30(9-3-1)35-18-19-37-25-39(21-20-36(37)24-35)48-50-47(32-16-14-31(15-17-32)46-29-38-12-6-7-13-45(38)54-46)51-49(52-48)40-22-23-43-41(27-40)42-26-33-10-4-5-11-34(33)28-44(42)53-43/h1-29H. The van der Waals surface area contributed by atoms with Gasteiger partial charge < -0.3 is 4.42 Å². The lowest BCUT2D eigenvalue weighted by atomic mass is 10.00. The van der Waals surface area contributed by atoms with E-state index in [4.69, 9.17) is 19.4 Å². The van der Waals surface area contributed by atoms with Crippen LogP contribution in [0, 0.1) is 0 Å².